The standard InChI is InChI=1S/C27H37N3O4S2/c1-7-8-15-34-26(31)29-36(32,33)24-23(17-22(35-24)16-19(2)3)21-11-9-20(10-12-21)18-30-14-13-28-25(30)27(4,5)6/h9-14,17,19H,7-8,15-16,18H2,1-6H3,(H,29,31). The minimum atomic E-state index is -4.08. The van der Waals surface area contributed by atoms with E-state index in [1.165, 1.54) is 11.3 Å². The van der Waals surface area contributed by atoms with Gasteiger partial charge in [0.05, 0.1) is 6.61 Å². The number of amides is 1. The maximum absolute atomic E-state index is 13.2. The highest BCUT2D eigenvalue weighted by Crippen LogP contribution is 2.36. The highest BCUT2D eigenvalue weighted by molar-refractivity contribution is 7.92. The van der Waals surface area contributed by atoms with Gasteiger partial charge < -0.3 is 9.30 Å². The lowest BCUT2D eigenvalue weighted by molar-refractivity contribution is 0.151. The smallest absolute Gasteiger partial charge is 0.421 e. The topological polar surface area (TPSA) is 90.3 Å². The number of hydrogen-bond donors (Lipinski definition) is 1. The van der Waals surface area contributed by atoms with Crippen molar-refractivity contribution in [2.75, 3.05) is 6.61 Å². The number of unbranched alkanes of at least 4 members (excludes halogenated alkanes) is 1. The third-order valence-corrected chi connectivity index (χ3v) is 8.56. The molecule has 0 saturated heterocycles. The van der Waals surface area contributed by atoms with Gasteiger partial charge in [0.2, 0.25) is 0 Å². The molecule has 196 valence electrons. The van der Waals surface area contributed by atoms with Crippen LogP contribution in [0.3, 0.4) is 0 Å². The highest BCUT2D eigenvalue weighted by atomic mass is 32.2. The molecule has 0 saturated carbocycles. The number of nitrogens with zero attached hydrogens (tertiary/aromatic N) is 2. The van der Waals surface area contributed by atoms with Crippen LogP contribution in [0, 0.1) is 5.92 Å². The van der Waals surface area contributed by atoms with Gasteiger partial charge in [0, 0.05) is 34.8 Å². The van der Waals surface area contributed by atoms with Crippen molar-refractivity contribution in [1.82, 2.24) is 14.3 Å². The maximum Gasteiger partial charge on any atom is 0.421 e. The Hall–Kier alpha value is -2.65. The third-order valence-electron chi connectivity index (χ3n) is 5.56. The summed E-state index contributed by atoms with van der Waals surface area (Å²) in [7, 11) is -4.08. The van der Waals surface area contributed by atoms with E-state index in [1.54, 1.807) is 0 Å². The van der Waals surface area contributed by atoms with Crippen molar-refractivity contribution in [3.05, 3.63) is 59.0 Å². The van der Waals surface area contributed by atoms with Gasteiger partial charge in [0.1, 0.15) is 10.0 Å². The summed E-state index contributed by atoms with van der Waals surface area (Å²) >= 11 is 1.20. The van der Waals surface area contributed by atoms with Crippen LogP contribution in [0.5, 0.6) is 0 Å². The molecule has 0 radical (unpaired) electrons. The molecule has 0 aliphatic rings. The number of carbonyl (C=O) groups excluding carboxylic acids is 1. The largest absolute Gasteiger partial charge is 0.449 e. The van der Waals surface area contributed by atoms with Crippen molar-refractivity contribution < 1.29 is 17.9 Å². The lowest BCUT2D eigenvalue weighted by Gasteiger charge is -2.20. The first-order valence-electron chi connectivity index (χ1n) is 12.3. The SMILES string of the molecule is CCCCOC(=O)NS(=O)(=O)c1sc(CC(C)C)cc1-c1ccc(Cn2ccnc2C(C)(C)C)cc1. The Kier molecular flexibility index (Phi) is 9.00. The van der Waals surface area contributed by atoms with Crippen LogP contribution in [0.25, 0.3) is 11.1 Å². The molecule has 1 amide bonds. The second-order valence-electron chi connectivity index (χ2n) is 10.4. The van der Waals surface area contributed by atoms with Gasteiger partial charge in [-0.15, -0.1) is 11.3 Å². The van der Waals surface area contributed by atoms with E-state index in [4.69, 9.17) is 4.74 Å². The molecule has 2 heterocycles. The first-order valence-corrected chi connectivity index (χ1v) is 14.6. The summed E-state index contributed by atoms with van der Waals surface area (Å²) in [4.78, 5) is 17.6. The zero-order valence-corrected chi connectivity index (χ0v) is 23.6. The average Bonchev–Trinajstić information content (AvgIpc) is 3.41. The molecule has 0 aliphatic carbocycles. The molecule has 0 bridgehead atoms. The van der Waals surface area contributed by atoms with Crippen LogP contribution in [0.2, 0.25) is 0 Å². The van der Waals surface area contributed by atoms with Crippen LogP contribution in [0.1, 0.15) is 70.6 Å². The number of carbonyl (C=O) groups is 1. The number of benzene rings is 1. The molecule has 9 heteroatoms. The molecule has 2 aromatic heterocycles. The summed E-state index contributed by atoms with van der Waals surface area (Å²) in [6.45, 7) is 13.4. The number of thiophene rings is 1. The Morgan fingerprint density at radius 3 is 2.50 bits per heavy atom. The monoisotopic (exact) mass is 531 g/mol. The number of hydrogen-bond acceptors (Lipinski definition) is 6. The van der Waals surface area contributed by atoms with Crippen molar-refractivity contribution in [3.8, 4) is 11.1 Å². The summed E-state index contributed by atoms with van der Waals surface area (Å²) in [5.74, 6) is 1.38. The van der Waals surface area contributed by atoms with E-state index >= 15 is 0 Å². The van der Waals surface area contributed by atoms with E-state index in [0.717, 1.165) is 34.7 Å². The molecule has 0 spiro atoms. The molecule has 1 aromatic carbocycles. The Bertz CT molecular complexity index is 1270. The van der Waals surface area contributed by atoms with Gasteiger partial charge in [-0.05, 0) is 36.0 Å². The van der Waals surface area contributed by atoms with Gasteiger partial charge in [-0.1, -0.05) is 72.2 Å². The second-order valence-corrected chi connectivity index (χ2v) is 13.4. The average molecular weight is 532 g/mol. The van der Waals surface area contributed by atoms with E-state index < -0.39 is 16.1 Å². The van der Waals surface area contributed by atoms with Crippen LogP contribution in [-0.4, -0.2) is 30.7 Å². The van der Waals surface area contributed by atoms with Gasteiger partial charge >= 0.3 is 6.09 Å². The van der Waals surface area contributed by atoms with Crippen molar-refractivity contribution in [3.63, 3.8) is 0 Å². The first-order chi connectivity index (χ1) is 16.9. The normalized spacial score (nSPS) is 12.2. The number of aromatic nitrogens is 2. The minimum absolute atomic E-state index is 0.0686. The van der Waals surface area contributed by atoms with Crippen molar-refractivity contribution in [2.45, 2.75) is 77.0 Å². The Labute approximate surface area is 219 Å². The van der Waals surface area contributed by atoms with Crippen LogP contribution >= 0.6 is 11.3 Å². The number of nitrogens with one attached hydrogen (secondary N) is 1. The Balaban J connectivity index is 1.89. The fraction of sp³-hybridized carbons (Fsp3) is 0.481. The van der Waals surface area contributed by atoms with Crippen molar-refractivity contribution >= 4 is 27.5 Å². The summed E-state index contributed by atoms with van der Waals surface area (Å²) in [6, 6.07) is 9.80. The van der Waals surface area contributed by atoms with E-state index in [9.17, 15) is 13.2 Å². The van der Waals surface area contributed by atoms with E-state index in [-0.39, 0.29) is 16.2 Å². The van der Waals surface area contributed by atoms with Gasteiger partial charge in [-0.2, -0.15) is 0 Å². The molecule has 1 N–H and O–H groups in total. The predicted octanol–water partition coefficient (Wildman–Crippen LogP) is 6.37. The molecule has 3 rings (SSSR count). The van der Waals surface area contributed by atoms with E-state index in [1.807, 2.05) is 49.6 Å². The van der Waals surface area contributed by atoms with Crippen LogP contribution in [-0.2, 0) is 33.1 Å². The minimum Gasteiger partial charge on any atom is -0.449 e. The lowest BCUT2D eigenvalue weighted by atomic mass is 9.95. The third kappa shape index (κ3) is 7.20. The predicted molar refractivity (Wildman–Crippen MR) is 145 cm³/mol. The van der Waals surface area contributed by atoms with Crippen molar-refractivity contribution in [1.29, 1.82) is 0 Å². The summed E-state index contributed by atoms with van der Waals surface area (Å²) < 4.78 is 35.7. The summed E-state index contributed by atoms with van der Waals surface area (Å²) in [5.41, 5.74) is 2.39. The van der Waals surface area contributed by atoms with E-state index in [0.29, 0.717) is 24.4 Å². The highest BCUT2D eigenvalue weighted by Gasteiger charge is 2.26. The van der Waals surface area contributed by atoms with E-state index in [2.05, 4.69) is 48.9 Å². The van der Waals surface area contributed by atoms with Gasteiger partial charge in [-0.25, -0.2) is 22.9 Å². The molecule has 0 aliphatic heterocycles. The quantitative estimate of drug-likeness (QED) is 0.307. The molecule has 7 nitrogen and oxygen atoms in total. The fourth-order valence-electron chi connectivity index (χ4n) is 3.89. The van der Waals surface area contributed by atoms with Gasteiger partial charge in [0.15, 0.2) is 0 Å². The number of imidazole rings is 1. The fourth-order valence-corrected chi connectivity index (χ4v) is 6.73. The summed E-state index contributed by atoms with van der Waals surface area (Å²) in [6.07, 6.45) is 5.12. The molecule has 0 fully saturated rings. The molecule has 0 atom stereocenters. The molecule has 36 heavy (non-hydrogen) atoms. The molecule has 3 aromatic rings. The zero-order chi connectivity index (χ0) is 26.5. The molecular formula is C27H37N3O4S2. The van der Waals surface area contributed by atoms with Crippen LogP contribution in [0.4, 0.5) is 4.79 Å². The number of ether oxygens (including phenoxy) is 1. The van der Waals surface area contributed by atoms with Gasteiger partial charge in [0.25, 0.3) is 10.0 Å². The maximum atomic E-state index is 13.2. The number of sulfonamides is 1. The van der Waals surface area contributed by atoms with Crippen LogP contribution < -0.4 is 4.72 Å². The second kappa shape index (κ2) is 11.6. The van der Waals surface area contributed by atoms with Crippen molar-refractivity contribution in [2.24, 2.45) is 5.92 Å². The Morgan fingerprint density at radius 2 is 1.89 bits per heavy atom. The zero-order valence-electron chi connectivity index (χ0n) is 22.0. The summed E-state index contributed by atoms with van der Waals surface area (Å²) in [5, 5.41) is 0. The molecular weight excluding hydrogens is 494 g/mol. The molecule has 0 unspecified atom stereocenters. The first kappa shape index (κ1) is 27.9. The Morgan fingerprint density at radius 1 is 1.19 bits per heavy atom. The van der Waals surface area contributed by atoms with Crippen LogP contribution in [0.15, 0.2) is 46.9 Å². The lowest BCUT2D eigenvalue weighted by Crippen LogP contribution is -2.31. The number of rotatable bonds is 10. The van der Waals surface area contributed by atoms with Gasteiger partial charge in [-0.3, -0.25) is 0 Å².